The van der Waals surface area contributed by atoms with Crippen LogP contribution in [-0.2, 0) is 4.79 Å². The molecule has 40 heavy (non-hydrogen) atoms. The normalized spacial score (nSPS) is 17.5. The number of nitrogens with zero attached hydrogens (tertiary/aromatic N) is 1. The fourth-order valence-electron chi connectivity index (χ4n) is 4.60. The van der Waals surface area contributed by atoms with Crippen LogP contribution in [0.5, 0.6) is 5.75 Å². The summed E-state index contributed by atoms with van der Waals surface area (Å²) in [5.74, 6) is 0.433. The Morgan fingerprint density at radius 1 is 0.900 bits per heavy atom. The first kappa shape index (κ1) is 29.6. The molecule has 1 aliphatic carbocycles. The molecule has 5 nitrogen and oxygen atoms in total. The molecule has 1 N–H and O–H groups in total. The van der Waals surface area contributed by atoms with Crippen molar-refractivity contribution in [3.63, 3.8) is 0 Å². The summed E-state index contributed by atoms with van der Waals surface area (Å²) in [4.78, 5) is 28.9. The van der Waals surface area contributed by atoms with Gasteiger partial charge in [0.25, 0.3) is 5.91 Å². The molecule has 0 bridgehead atoms. The van der Waals surface area contributed by atoms with Crippen LogP contribution < -0.4 is 10.1 Å². The van der Waals surface area contributed by atoms with Gasteiger partial charge in [0, 0.05) is 29.3 Å². The molecular formula is C33H34Cl2N2O3. The Kier molecular flexibility index (Phi) is 9.85. The second-order valence-electron chi connectivity index (χ2n) is 10.4. The predicted octanol–water partition coefficient (Wildman–Crippen LogP) is 7.18. The van der Waals surface area contributed by atoms with Gasteiger partial charge in [-0.25, -0.2) is 0 Å². The van der Waals surface area contributed by atoms with Crippen LogP contribution in [0.25, 0.3) is 12.2 Å². The summed E-state index contributed by atoms with van der Waals surface area (Å²) in [6.45, 7) is 5.23. The third-order valence-electron chi connectivity index (χ3n) is 6.88. The van der Waals surface area contributed by atoms with Crippen molar-refractivity contribution in [3.05, 3.63) is 110 Å². The van der Waals surface area contributed by atoms with Gasteiger partial charge in [-0.15, -0.1) is 0 Å². The minimum absolute atomic E-state index is 0.0696. The van der Waals surface area contributed by atoms with E-state index >= 15 is 0 Å². The number of ketones is 1. The zero-order chi connectivity index (χ0) is 28.8. The van der Waals surface area contributed by atoms with E-state index in [0.717, 1.165) is 28.8 Å². The quantitative estimate of drug-likeness (QED) is 0.288. The van der Waals surface area contributed by atoms with E-state index in [1.165, 1.54) is 0 Å². The Balaban J connectivity index is 1.59. The molecule has 0 radical (unpaired) electrons. The van der Waals surface area contributed by atoms with Crippen LogP contribution in [-0.4, -0.2) is 49.9 Å². The maximum Gasteiger partial charge on any atom is 0.251 e. The second kappa shape index (κ2) is 13.3. The van der Waals surface area contributed by atoms with Gasteiger partial charge in [0.15, 0.2) is 5.78 Å². The number of ether oxygens (including phenoxy) is 1. The van der Waals surface area contributed by atoms with E-state index in [9.17, 15) is 9.59 Å². The van der Waals surface area contributed by atoms with E-state index in [0.29, 0.717) is 52.0 Å². The average molecular weight is 578 g/mol. The van der Waals surface area contributed by atoms with E-state index in [1.807, 2.05) is 81.4 Å². The van der Waals surface area contributed by atoms with Gasteiger partial charge >= 0.3 is 0 Å². The van der Waals surface area contributed by atoms with Gasteiger partial charge in [-0.3, -0.25) is 9.59 Å². The van der Waals surface area contributed by atoms with Crippen molar-refractivity contribution in [2.24, 2.45) is 0 Å². The summed E-state index contributed by atoms with van der Waals surface area (Å²) in [5.41, 5.74) is 5.11. The number of amides is 1. The number of benzene rings is 3. The monoisotopic (exact) mass is 576 g/mol. The van der Waals surface area contributed by atoms with Crippen LogP contribution in [0.1, 0.15) is 45.5 Å². The van der Waals surface area contributed by atoms with Gasteiger partial charge in [-0.05, 0) is 99.5 Å². The highest BCUT2D eigenvalue weighted by Gasteiger charge is 2.29. The Labute approximate surface area is 246 Å². The highest BCUT2D eigenvalue weighted by atomic mass is 35.5. The lowest BCUT2D eigenvalue weighted by molar-refractivity contribution is -0.113. The number of aryl methyl sites for hydroxylation is 2. The highest BCUT2D eigenvalue weighted by Crippen LogP contribution is 2.32. The lowest BCUT2D eigenvalue weighted by atomic mass is 9.83. The molecule has 1 aliphatic rings. The van der Waals surface area contributed by atoms with Crippen molar-refractivity contribution < 1.29 is 14.3 Å². The first-order chi connectivity index (χ1) is 19.1. The zero-order valence-corrected chi connectivity index (χ0v) is 24.8. The summed E-state index contributed by atoms with van der Waals surface area (Å²) < 4.78 is 5.74. The maximum atomic E-state index is 13.6. The van der Waals surface area contributed by atoms with Crippen LogP contribution >= 0.6 is 23.2 Å². The van der Waals surface area contributed by atoms with Crippen molar-refractivity contribution in [3.8, 4) is 5.75 Å². The molecule has 0 atom stereocenters. The molecular weight excluding hydrogens is 543 g/mol. The van der Waals surface area contributed by atoms with Crippen molar-refractivity contribution in [2.75, 3.05) is 27.2 Å². The van der Waals surface area contributed by atoms with Crippen LogP contribution in [0.3, 0.4) is 0 Å². The molecule has 1 saturated carbocycles. The Morgan fingerprint density at radius 3 is 1.93 bits per heavy atom. The largest absolute Gasteiger partial charge is 0.492 e. The number of Topliss-reactive ketones (excluding diaryl/α,β-unsaturated/α-hetero) is 1. The van der Waals surface area contributed by atoms with Crippen LogP contribution in [0.2, 0.25) is 10.0 Å². The molecule has 208 valence electrons. The Bertz CT molecular complexity index is 1390. The minimum atomic E-state index is -0.286. The van der Waals surface area contributed by atoms with Gasteiger partial charge in [0.2, 0.25) is 0 Å². The molecule has 0 unspecified atom stereocenters. The molecule has 3 aromatic carbocycles. The molecule has 0 heterocycles. The van der Waals surface area contributed by atoms with Gasteiger partial charge in [-0.1, -0.05) is 59.6 Å². The summed E-state index contributed by atoms with van der Waals surface area (Å²) in [7, 11) is 3.98. The lowest BCUT2D eigenvalue weighted by Crippen LogP contribution is -2.39. The van der Waals surface area contributed by atoms with Crippen molar-refractivity contribution in [1.29, 1.82) is 0 Å². The summed E-state index contributed by atoms with van der Waals surface area (Å²) in [6.07, 6.45) is 4.45. The topological polar surface area (TPSA) is 58.6 Å². The lowest BCUT2D eigenvalue weighted by Gasteiger charge is -2.27. The van der Waals surface area contributed by atoms with E-state index in [1.54, 1.807) is 24.3 Å². The third kappa shape index (κ3) is 7.42. The highest BCUT2D eigenvalue weighted by molar-refractivity contribution is 6.33. The zero-order valence-electron chi connectivity index (χ0n) is 23.3. The molecule has 1 amide bonds. The van der Waals surface area contributed by atoms with Crippen LogP contribution in [0.15, 0.2) is 71.8 Å². The van der Waals surface area contributed by atoms with E-state index in [2.05, 4.69) is 5.32 Å². The predicted molar refractivity (Wildman–Crippen MR) is 164 cm³/mol. The van der Waals surface area contributed by atoms with E-state index in [-0.39, 0.29) is 17.7 Å². The number of rotatable bonds is 8. The van der Waals surface area contributed by atoms with Crippen molar-refractivity contribution in [1.82, 2.24) is 10.2 Å². The number of halogens is 2. The average Bonchev–Trinajstić information content (AvgIpc) is 2.92. The minimum Gasteiger partial charge on any atom is -0.492 e. The van der Waals surface area contributed by atoms with Gasteiger partial charge in [-0.2, -0.15) is 0 Å². The molecule has 0 saturated heterocycles. The van der Waals surface area contributed by atoms with Gasteiger partial charge < -0.3 is 15.0 Å². The summed E-state index contributed by atoms with van der Waals surface area (Å²) in [6, 6.07) is 18.3. The van der Waals surface area contributed by atoms with Gasteiger partial charge in [0.05, 0.1) is 10.0 Å². The first-order valence-electron chi connectivity index (χ1n) is 13.3. The van der Waals surface area contributed by atoms with Crippen molar-refractivity contribution >= 4 is 47.0 Å². The Hall–Kier alpha value is -3.38. The number of carbonyl (C=O) groups excluding carboxylic acids is 2. The number of hydrogen-bond donors (Lipinski definition) is 1. The van der Waals surface area contributed by atoms with E-state index in [4.69, 9.17) is 27.9 Å². The second-order valence-corrected chi connectivity index (χ2v) is 11.1. The fourth-order valence-corrected chi connectivity index (χ4v) is 4.96. The van der Waals surface area contributed by atoms with Crippen LogP contribution in [0, 0.1) is 13.8 Å². The number of likely N-dealkylation sites (N-methyl/N-ethyl adjacent to an activating group) is 1. The standard InChI is InChI=1S/C33H34Cl2N2O3/c1-21-7-5-9-24(30(21)34)17-26-19-28(20-27(32(26)38)18-25-10-6-8-22(2)31(25)35)36-33(39)23-11-13-29(14-12-23)40-16-15-37(3)4/h5-14,17-18,28H,15-16,19-20H2,1-4H3,(H,36,39)/b26-17+,27-18+. The fraction of sp³-hybridized carbons (Fsp3) is 0.273. The summed E-state index contributed by atoms with van der Waals surface area (Å²) in [5, 5.41) is 4.34. The molecule has 3 aromatic rings. The van der Waals surface area contributed by atoms with Gasteiger partial charge in [0.1, 0.15) is 12.4 Å². The molecule has 4 rings (SSSR count). The molecule has 0 spiro atoms. The van der Waals surface area contributed by atoms with Crippen LogP contribution in [0.4, 0.5) is 0 Å². The third-order valence-corrected chi connectivity index (χ3v) is 7.91. The first-order valence-corrected chi connectivity index (χ1v) is 14.0. The molecule has 1 fully saturated rings. The number of carbonyl (C=O) groups is 2. The maximum absolute atomic E-state index is 13.6. The molecule has 0 aliphatic heterocycles. The SMILES string of the molecule is Cc1cccc(/C=C2\CC(NC(=O)c3ccc(OCCN(C)C)cc3)C/C(=C\c3cccc(C)c3Cl)C2=O)c1Cl. The molecule has 0 aromatic heterocycles. The number of hydrogen-bond acceptors (Lipinski definition) is 4. The van der Waals surface area contributed by atoms with Crippen molar-refractivity contribution in [2.45, 2.75) is 32.7 Å². The molecule has 7 heteroatoms. The smallest absolute Gasteiger partial charge is 0.251 e. The van der Waals surface area contributed by atoms with E-state index < -0.39 is 0 Å². The Morgan fingerprint density at radius 2 is 1.43 bits per heavy atom. The number of nitrogens with one attached hydrogen (secondary N) is 1. The summed E-state index contributed by atoms with van der Waals surface area (Å²) >= 11 is 13.1.